The van der Waals surface area contributed by atoms with Gasteiger partial charge in [0, 0.05) is 6.07 Å². The van der Waals surface area contributed by atoms with Crippen molar-refractivity contribution >= 4 is 23.4 Å². The maximum absolute atomic E-state index is 12.4. The van der Waals surface area contributed by atoms with Crippen molar-refractivity contribution in [2.45, 2.75) is 11.9 Å². The van der Waals surface area contributed by atoms with Crippen molar-refractivity contribution in [3.8, 4) is 29.2 Å². The van der Waals surface area contributed by atoms with Crippen LogP contribution in [-0.2, 0) is 14.4 Å². The molecule has 0 aliphatic heterocycles. The van der Waals surface area contributed by atoms with Crippen LogP contribution < -0.4 is 9.47 Å². The first-order chi connectivity index (χ1) is 16.0. The molecule has 0 unspecified atom stereocenters. The summed E-state index contributed by atoms with van der Waals surface area (Å²) in [6.45, 7) is 1.71. The highest BCUT2D eigenvalue weighted by atomic mass is 32.2. The van der Waals surface area contributed by atoms with E-state index in [4.69, 9.17) is 19.0 Å². The molecule has 0 fully saturated rings. The van der Waals surface area contributed by atoms with Crippen LogP contribution in [0.25, 0.3) is 0 Å². The largest absolute Gasteiger partial charge is 0.464 e. The molecule has 3 aromatic rings. The number of benzene rings is 2. The van der Waals surface area contributed by atoms with Crippen LogP contribution >= 0.6 is 11.8 Å². The highest BCUT2D eigenvalue weighted by Crippen LogP contribution is 2.33. The molecule has 2 aromatic carbocycles. The average molecular weight is 465 g/mol. The Morgan fingerprint density at radius 1 is 1.06 bits per heavy atom. The summed E-state index contributed by atoms with van der Waals surface area (Å²) in [4.78, 5) is 26.0. The summed E-state index contributed by atoms with van der Waals surface area (Å²) in [5, 5.41) is 13.6. The molecule has 9 nitrogen and oxygen atoms in total. The molecule has 33 heavy (non-hydrogen) atoms. The molecule has 0 bridgehead atoms. The summed E-state index contributed by atoms with van der Waals surface area (Å²) in [5.41, 5.74) is 0.512. The Bertz CT molecular complexity index is 1240. The second-order valence-corrected chi connectivity index (χ2v) is 7.16. The molecule has 0 spiro atoms. The van der Waals surface area contributed by atoms with Crippen LogP contribution in [0.1, 0.15) is 17.0 Å². The maximum atomic E-state index is 12.4. The zero-order valence-corrected chi connectivity index (χ0v) is 19.2. The van der Waals surface area contributed by atoms with Gasteiger partial charge in [0.2, 0.25) is 11.6 Å². The van der Waals surface area contributed by atoms with Crippen LogP contribution in [0.15, 0.2) is 58.7 Å². The van der Waals surface area contributed by atoms with Gasteiger partial charge in [-0.15, -0.1) is 11.8 Å². The minimum atomic E-state index is -0.727. The van der Waals surface area contributed by atoms with Gasteiger partial charge >= 0.3 is 5.97 Å². The van der Waals surface area contributed by atoms with Gasteiger partial charge in [0.05, 0.1) is 12.7 Å². The van der Waals surface area contributed by atoms with Crippen molar-refractivity contribution in [1.29, 1.82) is 5.26 Å². The van der Waals surface area contributed by atoms with E-state index in [1.54, 1.807) is 61.7 Å². The van der Waals surface area contributed by atoms with Gasteiger partial charge in [-0.3, -0.25) is 0 Å². The lowest BCUT2D eigenvalue weighted by Crippen LogP contribution is -2.20. The number of hydrogen-bond donors (Lipinski definition) is 0. The van der Waals surface area contributed by atoms with Gasteiger partial charge in [0.15, 0.2) is 0 Å². The number of aromatic nitrogens is 2. The van der Waals surface area contributed by atoms with Gasteiger partial charge < -0.3 is 19.0 Å². The molecule has 0 amide bonds. The van der Waals surface area contributed by atoms with E-state index < -0.39 is 5.97 Å². The van der Waals surface area contributed by atoms with Gasteiger partial charge in [0.25, 0.3) is 0 Å². The average Bonchev–Trinajstić information content (AvgIpc) is 2.82. The van der Waals surface area contributed by atoms with E-state index in [9.17, 15) is 10.1 Å². The molecule has 168 valence electrons. The molecule has 0 radical (unpaired) electrons. The minimum absolute atomic E-state index is 0.0997. The summed E-state index contributed by atoms with van der Waals surface area (Å²) in [7, 11) is 2.55. The standard InChI is InChI=1S/C23H20N4O5S/c1-14-25-21(19(22(26-14)33-4)20(27-30-3)23(28)29-2)32-17-10-7-9-16(12-17)31-18-11-6-5-8-15(18)13-24/h5-12H,1-4H3/b27-20+. The van der Waals surface area contributed by atoms with E-state index in [1.807, 2.05) is 0 Å². The molecular formula is C23H20N4O5S. The summed E-state index contributed by atoms with van der Waals surface area (Å²) in [6, 6.07) is 15.8. The first kappa shape index (κ1) is 23.6. The number of hydrogen-bond acceptors (Lipinski definition) is 10. The Kier molecular flexibility index (Phi) is 7.83. The Hall–Kier alpha value is -4.10. The van der Waals surface area contributed by atoms with Crippen LogP contribution in [0, 0.1) is 18.3 Å². The van der Waals surface area contributed by atoms with Crippen molar-refractivity contribution < 1.29 is 23.8 Å². The summed E-state index contributed by atoms with van der Waals surface area (Å²) < 4.78 is 16.7. The molecule has 0 saturated carbocycles. The fraction of sp³-hybridized carbons (Fsp3) is 0.174. The number of nitrogens with zero attached hydrogens (tertiary/aromatic N) is 4. The second kappa shape index (κ2) is 11.0. The van der Waals surface area contributed by atoms with Crippen molar-refractivity contribution in [2.75, 3.05) is 20.5 Å². The molecular weight excluding hydrogens is 444 g/mol. The molecule has 0 atom stereocenters. The number of rotatable bonds is 8. The zero-order chi connectivity index (χ0) is 23.8. The fourth-order valence-corrected chi connectivity index (χ4v) is 3.42. The van der Waals surface area contributed by atoms with E-state index in [1.165, 1.54) is 26.0 Å². The fourth-order valence-electron chi connectivity index (χ4n) is 2.81. The molecule has 0 aliphatic rings. The Labute approximate surface area is 195 Å². The van der Waals surface area contributed by atoms with Crippen LogP contribution in [-0.4, -0.2) is 42.1 Å². The van der Waals surface area contributed by atoms with Gasteiger partial charge in [-0.25, -0.2) is 9.78 Å². The van der Waals surface area contributed by atoms with Crippen LogP contribution in [0.4, 0.5) is 0 Å². The third-order valence-electron chi connectivity index (χ3n) is 4.20. The number of carbonyl (C=O) groups excluding carboxylic acids is 1. The van der Waals surface area contributed by atoms with Crippen molar-refractivity contribution in [1.82, 2.24) is 9.97 Å². The Morgan fingerprint density at radius 2 is 1.79 bits per heavy atom. The van der Waals surface area contributed by atoms with Crippen LogP contribution in [0.3, 0.4) is 0 Å². The second-order valence-electron chi connectivity index (χ2n) is 6.36. The summed E-state index contributed by atoms with van der Waals surface area (Å²) >= 11 is 1.29. The smallest absolute Gasteiger partial charge is 0.361 e. The highest BCUT2D eigenvalue weighted by Gasteiger charge is 2.27. The molecule has 1 heterocycles. The molecule has 10 heteroatoms. The number of carbonyl (C=O) groups is 1. The number of aryl methyl sites for hydroxylation is 1. The van der Waals surface area contributed by atoms with Gasteiger partial charge in [0.1, 0.15) is 46.8 Å². The van der Waals surface area contributed by atoms with E-state index in [-0.39, 0.29) is 17.2 Å². The van der Waals surface area contributed by atoms with Crippen molar-refractivity contribution in [3.63, 3.8) is 0 Å². The first-order valence-electron chi connectivity index (χ1n) is 9.58. The molecule has 3 rings (SSSR count). The predicted octanol–water partition coefficient (Wildman–Crippen LogP) is 4.49. The number of para-hydroxylation sites is 1. The van der Waals surface area contributed by atoms with Crippen LogP contribution in [0.2, 0.25) is 0 Å². The van der Waals surface area contributed by atoms with E-state index >= 15 is 0 Å². The number of thioether (sulfide) groups is 1. The quantitative estimate of drug-likeness (QED) is 0.156. The summed E-state index contributed by atoms with van der Waals surface area (Å²) in [6.07, 6.45) is 1.80. The lowest BCUT2D eigenvalue weighted by Gasteiger charge is -2.15. The van der Waals surface area contributed by atoms with Crippen LogP contribution in [0.5, 0.6) is 23.1 Å². The maximum Gasteiger partial charge on any atom is 0.361 e. The van der Waals surface area contributed by atoms with E-state index in [0.717, 1.165) is 0 Å². The molecule has 0 aliphatic carbocycles. The topological polar surface area (TPSA) is 116 Å². The third kappa shape index (κ3) is 5.58. The minimum Gasteiger partial charge on any atom is -0.464 e. The van der Waals surface area contributed by atoms with Gasteiger partial charge in [-0.1, -0.05) is 23.4 Å². The molecule has 1 aromatic heterocycles. The lowest BCUT2D eigenvalue weighted by molar-refractivity contribution is -0.132. The number of methoxy groups -OCH3 is 1. The number of nitriles is 1. The Morgan fingerprint density at radius 3 is 2.45 bits per heavy atom. The molecule has 0 N–H and O–H groups in total. The van der Waals surface area contributed by atoms with Gasteiger partial charge in [-0.05, 0) is 37.4 Å². The number of ether oxygens (including phenoxy) is 3. The summed E-state index contributed by atoms with van der Waals surface area (Å²) in [5.74, 6) is 1.06. The number of oxime groups is 1. The Balaban J connectivity index is 2.02. The first-order valence-corrected chi connectivity index (χ1v) is 10.8. The SMILES string of the molecule is CO/N=C(/C(=O)OC)c1c(Oc2cccc(Oc3ccccc3C#N)c2)nc(C)nc1SC. The third-order valence-corrected chi connectivity index (χ3v) is 4.88. The zero-order valence-electron chi connectivity index (χ0n) is 18.4. The van der Waals surface area contributed by atoms with E-state index in [2.05, 4.69) is 21.2 Å². The highest BCUT2D eigenvalue weighted by molar-refractivity contribution is 7.98. The van der Waals surface area contributed by atoms with Gasteiger partial charge in [-0.2, -0.15) is 10.2 Å². The number of esters is 1. The monoisotopic (exact) mass is 464 g/mol. The molecule has 0 saturated heterocycles. The van der Waals surface area contributed by atoms with Crippen molar-refractivity contribution in [3.05, 3.63) is 65.5 Å². The predicted molar refractivity (Wildman–Crippen MR) is 122 cm³/mol. The van der Waals surface area contributed by atoms with Crippen molar-refractivity contribution in [2.24, 2.45) is 5.16 Å². The lowest BCUT2D eigenvalue weighted by atomic mass is 10.2. The van der Waals surface area contributed by atoms with E-state index in [0.29, 0.717) is 33.7 Å². The normalized spacial score (nSPS) is 10.8.